The van der Waals surface area contributed by atoms with E-state index in [0.29, 0.717) is 5.56 Å². The van der Waals surface area contributed by atoms with Crippen LogP contribution >= 0.6 is 0 Å². The molecule has 2 N–H and O–H groups in total. The SMILES string of the molecule is CC(CNC(=O)c1ccc(S(=O)(=O)N2CC(C)OC(C)C2)cc1)CC(=O)O. The second kappa shape index (κ2) is 8.81. The molecule has 9 heteroatoms. The highest BCUT2D eigenvalue weighted by Crippen LogP contribution is 2.21. The number of amides is 1. The van der Waals surface area contributed by atoms with Crippen molar-refractivity contribution in [2.45, 2.75) is 44.3 Å². The number of hydrogen-bond donors (Lipinski definition) is 2. The van der Waals surface area contributed by atoms with Gasteiger partial charge in [-0.3, -0.25) is 9.59 Å². The Labute approximate surface area is 159 Å². The second-order valence-electron chi connectivity index (χ2n) is 7.02. The molecule has 0 aromatic heterocycles. The van der Waals surface area contributed by atoms with Gasteiger partial charge >= 0.3 is 5.97 Å². The molecule has 1 aromatic rings. The minimum atomic E-state index is -3.65. The van der Waals surface area contributed by atoms with Crippen LogP contribution in [0, 0.1) is 5.92 Å². The van der Waals surface area contributed by atoms with E-state index in [1.54, 1.807) is 6.92 Å². The third-order valence-corrected chi connectivity index (χ3v) is 6.12. The molecular formula is C18H26N2O6S. The monoisotopic (exact) mass is 398 g/mol. The Balaban J connectivity index is 2.03. The maximum Gasteiger partial charge on any atom is 0.303 e. The van der Waals surface area contributed by atoms with Crippen LogP contribution in [0.3, 0.4) is 0 Å². The van der Waals surface area contributed by atoms with E-state index in [2.05, 4.69) is 5.32 Å². The summed E-state index contributed by atoms with van der Waals surface area (Å²) in [5, 5.41) is 11.4. The summed E-state index contributed by atoms with van der Waals surface area (Å²) in [5.41, 5.74) is 0.320. The Bertz CT molecular complexity index is 768. The highest BCUT2D eigenvalue weighted by atomic mass is 32.2. The third-order valence-electron chi connectivity index (χ3n) is 4.27. The molecule has 27 heavy (non-hydrogen) atoms. The fourth-order valence-electron chi connectivity index (χ4n) is 2.99. The number of rotatable bonds is 7. The molecule has 0 spiro atoms. The number of sulfonamides is 1. The largest absolute Gasteiger partial charge is 0.481 e. The molecule has 1 aromatic carbocycles. The van der Waals surface area contributed by atoms with Gasteiger partial charge in [-0.15, -0.1) is 0 Å². The first-order chi connectivity index (χ1) is 12.6. The number of morpholine rings is 1. The molecule has 0 saturated carbocycles. The minimum absolute atomic E-state index is 0.0339. The molecule has 3 unspecified atom stereocenters. The lowest BCUT2D eigenvalue weighted by molar-refractivity contribution is -0.137. The van der Waals surface area contributed by atoms with Crippen molar-refractivity contribution < 1.29 is 27.9 Å². The smallest absolute Gasteiger partial charge is 0.303 e. The molecule has 3 atom stereocenters. The van der Waals surface area contributed by atoms with Crippen molar-refractivity contribution in [3.63, 3.8) is 0 Å². The first-order valence-electron chi connectivity index (χ1n) is 8.85. The summed E-state index contributed by atoms with van der Waals surface area (Å²) in [4.78, 5) is 22.9. The summed E-state index contributed by atoms with van der Waals surface area (Å²) in [5.74, 6) is -1.49. The van der Waals surface area contributed by atoms with Gasteiger partial charge in [-0.2, -0.15) is 4.31 Å². The van der Waals surface area contributed by atoms with Crippen molar-refractivity contribution in [3.05, 3.63) is 29.8 Å². The predicted molar refractivity (Wildman–Crippen MR) is 99.0 cm³/mol. The van der Waals surface area contributed by atoms with Crippen LogP contribution in [0.1, 0.15) is 37.6 Å². The van der Waals surface area contributed by atoms with Crippen molar-refractivity contribution in [2.24, 2.45) is 5.92 Å². The maximum atomic E-state index is 12.8. The van der Waals surface area contributed by atoms with Crippen LogP contribution in [-0.4, -0.2) is 61.5 Å². The highest BCUT2D eigenvalue weighted by Gasteiger charge is 2.32. The van der Waals surface area contributed by atoms with E-state index in [4.69, 9.17) is 9.84 Å². The number of ether oxygens (including phenoxy) is 1. The summed E-state index contributed by atoms with van der Waals surface area (Å²) in [7, 11) is -3.65. The van der Waals surface area contributed by atoms with Crippen LogP contribution in [-0.2, 0) is 19.6 Å². The summed E-state index contributed by atoms with van der Waals surface area (Å²) in [6, 6.07) is 5.74. The van der Waals surface area contributed by atoms with E-state index in [-0.39, 0.29) is 55.0 Å². The molecule has 1 aliphatic heterocycles. The lowest BCUT2D eigenvalue weighted by atomic mass is 10.1. The molecule has 1 amide bonds. The van der Waals surface area contributed by atoms with E-state index >= 15 is 0 Å². The van der Waals surface area contributed by atoms with Crippen LogP contribution in [0.15, 0.2) is 29.2 Å². The molecule has 1 heterocycles. The fraction of sp³-hybridized carbons (Fsp3) is 0.556. The second-order valence-corrected chi connectivity index (χ2v) is 8.95. The molecular weight excluding hydrogens is 372 g/mol. The number of nitrogens with one attached hydrogen (secondary N) is 1. The summed E-state index contributed by atoms with van der Waals surface area (Å²) in [6.45, 7) is 6.20. The zero-order chi connectivity index (χ0) is 20.2. The average Bonchev–Trinajstić information content (AvgIpc) is 2.58. The predicted octanol–water partition coefficient (Wildman–Crippen LogP) is 1.33. The molecule has 0 aliphatic carbocycles. The van der Waals surface area contributed by atoms with Crippen LogP contribution in [0.2, 0.25) is 0 Å². The van der Waals surface area contributed by atoms with Crippen molar-refractivity contribution in [3.8, 4) is 0 Å². The Morgan fingerprint density at radius 2 is 1.78 bits per heavy atom. The molecule has 1 fully saturated rings. The van der Waals surface area contributed by atoms with E-state index < -0.39 is 16.0 Å². The van der Waals surface area contributed by atoms with Gasteiger partial charge in [0.15, 0.2) is 0 Å². The van der Waals surface area contributed by atoms with Gasteiger partial charge < -0.3 is 15.2 Å². The van der Waals surface area contributed by atoms with Gasteiger partial charge in [-0.05, 0) is 44.0 Å². The van der Waals surface area contributed by atoms with E-state index in [9.17, 15) is 18.0 Å². The van der Waals surface area contributed by atoms with Gasteiger partial charge in [0.1, 0.15) is 0 Å². The topological polar surface area (TPSA) is 113 Å². The van der Waals surface area contributed by atoms with E-state index in [1.165, 1.54) is 28.6 Å². The lowest BCUT2D eigenvalue weighted by Gasteiger charge is -2.34. The molecule has 1 aliphatic rings. The Morgan fingerprint density at radius 1 is 1.22 bits per heavy atom. The molecule has 8 nitrogen and oxygen atoms in total. The van der Waals surface area contributed by atoms with Crippen molar-refractivity contribution in [1.29, 1.82) is 0 Å². The number of carbonyl (C=O) groups excluding carboxylic acids is 1. The highest BCUT2D eigenvalue weighted by molar-refractivity contribution is 7.89. The summed E-state index contributed by atoms with van der Waals surface area (Å²) in [6.07, 6.45) is -0.392. The first kappa shape index (κ1) is 21.3. The van der Waals surface area contributed by atoms with Crippen molar-refractivity contribution in [2.75, 3.05) is 19.6 Å². The number of carboxylic acid groups (broad SMARTS) is 1. The van der Waals surface area contributed by atoms with Crippen molar-refractivity contribution in [1.82, 2.24) is 9.62 Å². The molecule has 150 valence electrons. The van der Waals surface area contributed by atoms with Crippen LogP contribution in [0.5, 0.6) is 0 Å². The van der Waals surface area contributed by atoms with Crippen LogP contribution in [0.4, 0.5) is 0 Å². The first-order valence-corrected chi connectivity index (χ1v) is 10.3. The number of benzene rings is 1. The van der Waals surface area contributed by atoms with Gasteiger partial charge in [0.25, 0.3) is 5.91 Å². The third kappa shape index (κ3) is 5.75. The van der Waals surface area contributed by atoms with Crippen LogP contribution < -0.4 is 5.32 Å². The van der Waals surface area contributed by atoms with E-state index in [0.717, 1.165) is 0 Å². The zero-order valence-corrected chi connectivity index (χ0v) is 16.5. The average molecular weight is 398 g/mol. The van der Waals surface area contributed by atoms with Gasteiger partial charge in [-0.25, -0.2) is 8.42 Å². The number of carboxylic acids is 1. The number of aliphatic carboxylic acids is 1. The normalized spacial score (nSPS) is 22.2. The summed E-state index contributed by atoms with van der Waals surface area (Å²) >= 11 is 0. The summed E-state index contributed by atoms with van der Waals surface area (Å²) < 4.78 is 32.6. The standard InChI is InChI=1S/C18H26N2O6S/c1-12(8-17(21)22)9-19-18(23)15-4-6-16(7-5-15)27(24,25)20-10-13(2)26-14(3)11-20/h4-7,12-14H,8-11H2,1-3H3,(H,19,23)(H,21,22). The Morgan fingerprint density at radius 3 is 2.30 bits per heavy atom. The Kier molecular flexibility index (Phi) is 6.96. The van der Waals surface area contributed by atoms with Gasteiger partial charge in [0.05, 0.1) is 17.1 Å². The Hall–Kier alpha value is -1.97. The quantitative estimate of drug-likeness (QED) is 0.716. The fourth-order valence-corrected chi connectivity index (χ4v) is 4.58. The molecule has 1 saturated heterocycles. The van der Waals surface area contributed by atoms with Gasteiger partial charge in [0.2, 0.25) is 10.0 Å². The molecule has 0 bridgehead atoms. The number of hydrogen-bond acceptors (Lipinski definition) is 5. The zero-order valence-electron chi connectivity index (χ0n) is 15.7. The maximum absolute atomic E-state index is 12.8. The van der Waals surface area contributed by atoms with Gasteiger partial charge in [0, 0.05) is 31.6 Å². The van der Waals surface area contributed by atoms with Crippen molar-refractivity contribution >= 4 is 21.9 Å². The van der Waals surface area contributed by atoms with E-state index in [1.807, 2.05) is 13.8 Å². The lowest BCUT2D eigenvalue weighted by Crippen LogP contribution is -2.48. The minimum Gasteiger partial charge on any atom is -0.481 e. The van der Waals surface area contributed by atoms with Crippen LogP contribution in [0.25, 0.3) is 0 Å². The number of nitrogens with zero attached hydrogens (tertiary/aromatic N) is 1. The number of carbonyl (C=O) groups is 2. The van der Waals surface area contributed by atoms with Gasteiger partial charge in [-0.1, -0.05) is 6.92 Å². The molecule has 2 rings (SSSR count). The molecule has 0 radical (unpaired) electrons.